The van der Waals surface area contributed by atoms with E-state index < -0.39 is 57.2 Å². The van der Waals surface area contributed by atoms with Gasteiger partial charge < -0.3 is 30.4 Å². The summed E-state index contributed by atoms with van der Waals surface area (Å²) in [6.07, 6.45) is -0.356. The smallest absolute Gasteiger partial charge is 0.325 e. The van der Waals surface area contributed by atoms with Gasteiger partial charge in [0.2, 0.25) is 5.91 Å². The monoisotopic (exact) mass is 413 g/mol. The molecule has 0 atom stereocenters. The Labute approximate surface area is 154 Å². The quantitative estimate of drug-likeness (QED) is 0.122. The molecule has 14 heteroatoms. The van der Waals surface area contributed by atoms with Crippen LogP contribution in [-0.2, 0) is 23.7 Å². The number of hydrogen-bond acceptors (Lipinski definition) is 7. The minimum Gasteiger partial charge on any atom is -0.480 e. The van der Waals surface area contributed by atoms with Crippen molar-refractivity contribution < 1.29 is 48.8 Å². The van der Waals surface area contributed by atoms with Crippen LogP contribution in [0.3, 0.4) is 0 Å². The summed E-state index contributed by atoms with van der Waals surface area (Å²) in [4.78, 5) is 63.9. The Morgan fingerprint density at radius 3 is 1.56 bits per heavy atom. The van der Waals surface area contributed by atoms with Crippen LogP contribution < -0.4 is 5.32 Å². The van der Waals surface area contributed by atoms with Crippen LogP contribution in [0.15, 0.2) is 0 Å². The van der Waals surface area contributed by atoms with Crippen LogP contribution in [-0.4, -0.2) is 111 Å². The average molecular weight is 413 g/mol. The van der Waals surface area contributed by atoms with Crippen molar-refractivity contribution in [2.45, 2.75) is 6.42 Å². The molecule has 1 amide bonds. The van der Waals surface area contributed by atoms with Gasteiger partial charge in [0.05, 0.1) is 32.3 Å². The van der Waals surface area contributed by atoms with E-state index in [2.05, 4.69) is 5.32 Å². The number of nitrogens with one attached hydrogen (secondary N) is 1. The van der Waals surface area contributed by atoms with Crippen molar-refractivity contribution in [2.24, 2.45) is 0 Å². The van der Waals surface area contributed by atoms with Gasteiger partial charge in [0.15, 0.2) is 0 Å². The van der Waals surface area contributed by atoms with Crippen LogP contribution >= 0.6 is 7.60 Å². The number of carboxylic acid groups (broad SMARTS) is 3. The number of aliphatic carboxylic acids is 3. The molecule has 0 aliphatic rings. The molecule has 0 aromatic heterocycles. The van der Waals surface area contributed by atoms with E-state index >= 15 is 0 Å². The normalized spacial score (nSPS) is 11.6. The molecule has 6 N–H and O–H groups in total. The Bertz CT molecular complexity index is 563. The second kappa shape index (κ2) is 12.4. The maximum absolute atomic E-state index is 11.8. The minimum absolute atomic E-state index is 0.00495. The summed E-state index contributed by atoms with van der Waals surface area (Å²) in [7, 11) is -4.16. The van der Waals surface area contributed by atoms with E-state index in [1.165, 1.54) is 4.90 Å². The molecule has 27 heavy (non-hydrogen) atoms. The molecule has 0 aromatic carbocycles. The molecule has 13 nitrogen and oxygen atoms in total. The molecule has 0 aliphatic carbocycles. The van der Waals surface area contributed by atoms with Crippen LogP contribution in [0.1, 0.15) is 6.42 Å². The predicted molar refractivity (Wildman–Crippen MR) is 90.3 cm³/mol. The molecule has 0 spiro atoms. The van der Waals surface area contributed by atoms with E-state index in [0.717, 1.165) is 4.90 Å². The topological polar surface area (TPSA) is 205 Å². The van der Waals surface area contributed by atoms with Crippen molar-refractivity contribution in [1.29, 1.82) is 0 Å². The summed E-state index contributed by atoms with van der Waals surface area (Å²) in [5, 5.41) is 28.8. The largest absolute Gasteiger partial charge is 0.480 e. The first-order chi connectivity index (χ1) is 12.4. The van der Waals surface area contributed by atoms with Gasteiger partial charge in [-0.2, -0.15) is 0 Å². The highest BCUT2D eigenvalue weighted by Gasteiger charge is 2.18. The minimum atomic E-state index is -4.16. The maximum Gasteiger partial charge on any atom is 0.325 e. The summed E-state index contributed by atoms with van der Waals surface area (Å²) >= 11 is 0. The second-order valence-corrected chi connectivity index (χ2v) is 7.47. The summed E-state index contributed by atoms with van der Waals surface area (Å²) in [5.74, 6) is -4.30. The first-order valence-electron chi connectivity index (χ1n) is 7.80. The number of nitrogens with zero attached hydrogens (tertiary/aromatic N) is 2. The molecule has 0 rings (SSSR count). The molecule has 0 aromatic rings. The van der Waals surface area contributed by atoms with E-state index in [1.54, 1.807) is 0 Å². The molecule has 0 aliphatic heterocycles. The van der Waals surface area contributed by atoms with E-state index in [0.29, 0.717) is 0 Å². The highest BCUT2D eigenvalue weighted by molar-refractivity contribution is 7.51. The average Bonchev–Trinajstić information content (AvgIpc) is 2.46. The van der Waals surface area contributed by atoms with E-state index in [1.807, 2.05) is 0 Å². The highest BCUT2D eigenvalue weighted by atomic mass is 31.2. The molecule has 0 saturated heterocycles. The fraction of sp³-hybridized carbons (Fsp3) is 0.692. The Morgan fingerprint density at radius 2 is 1.19 bits per heavy atom. The first kappa shape index (κ1) is 24.9. The van der Waals surface area contributed by atoms with Gasteiger partial charge in [0.25, 0.3) is 0 Å². The number of carbonyl (C=O) groups is 4. The van der Waals surface area contributed by atoms with Crippen molar-refractivity contribution in [3.8, 4) is 0 Å². The van der Waals surface area contributed by atoms with Gasteiger partial charge in [-0.3, -0.25) is 33.5 Å². The summed E-state index contributed by atoms with van der Waals surface area (Å²) < 4.78 is 10.7. The van der Waals surface area contributed by atoms with Crippen LogP contribution in [0.2, 0.25) is 0 Å². The van der Waals surface area contributed by atoms with Crippen LogP contribution in [0.5, 0.6) is 0 Å². The lowest BCUT2D eigenvalue weighted by atomic mass is 10.3. The molecular weight excluding hydrogens is 389 g/mol. The van der Waals surface area contributed by atoms with Gasteiger partial charge in [-0.15, -0.1) is 0 Å². The number of carbonyl (C=O) groups excluding carboxylic acids is 1. The lowest BCUT2D eigenvalue weighted by Crippen LogP contribution is -2.45. The molecule has 156 valence electrons. The van der Waals surface area contributed by atoms with Gasteiger partial charge in [-0.25, -0.2) is 0 Å². The van der Waals surface area contributed by atoms with Crippen LogP contribution in [0, 0.1) is 0 Å². The van der Waals surface area contributed by atoms with Gasteiger partial charge in [0, 0.05) is 19.6 Å². The predicted octanol–water partition coefficient (Wildman–Crippen LogP) is -2.47. The van der Waals surface area contributed by atoms with E-state index in [4.69, 9.17) is 25.1 Å². The third-order valence-corrected chi connectivity index (χ3v) is 4.02. The summed E-state index contributed by atoms with van der Waals surface area (Å²) in [6.45, 7) is -2.14. The first-order valence-corrected chi connectivity index (χ1v) is 9.60. The van der Waals surface area contributed by atoms with Crippen molar-refractivity contribution >= 4 is 31.4 Å². The molecule has 0 unspecified atom stereocenters. The SMILES string of the molecule is O=C(O)CN(CCN(CC(=O)O)CC(=O)NCCCP(=O)(O)O)CC(=O)O. The number of carboxylic acids is 3. The fourth-order valence-corrected chi connectivity index (χ4v) is 2.63. The zero-order valence-corrected chi connectivity index (χ0v) is 15.4. The van der Waals surface area contributed by atoms with E-state index in [-0.39, 0.29) is 32.6 Å². The van der Waals surface area contributed by atoms with Gasteiger partial charge in [0.1, 0.15) is 0 Å². The maximum atomic E-state index is 11.8. The molecule has 0 heterocycles. The Morgan fingerprint density at radius 1 is 0.778 bits per heavy atom. The van der Waals surface area contributed by atoms with E-state index in [9.17, 15) is 23.7 Å². The van der Waals surface area contributed by atoms with Crippen LogP contribution in [0.4, 0.5) is 0 Å². The zero-order chi connectivity index (χ0) is 21.0. The lowest BCUT2D eigenvalue weighted by molar-refractivity contribution is -0.143. The molecule has 0 radical (unpaired) electrons. The fourth-order valence-electron chi connectivity index (χ4n) is 2.06. The molecule has 0 bridgehead atoms. The van der Waals surface area contributed by atoms with Gasteiger partial charge in [-0.1, -0.05) is 0 Å². The highest BCUT2D eigenvalue weighted by Crippen LogP contribution is 2.34. The number of amides is 1. The third kappa shape index (κ3) is 15.9. The molecule has 0 saturated carbocycles. The summed E-state index contributed by atoms with van der Waals surface area (Å²) in [6, 6.07) is 0. The van der Waals surface area contributed by atoms with Crippen molar-refractivity contribution in [3.63, 3.8) is 0 Å². The standard InChI is InChI=1S/C13H24N3O10P/c17-10(14-2-1-5-27(24,25)26)6-15(7-11(18)19)3-4-16(8-12(20)21)9-13(22)23/h1-9H2,(H,14,17)(H,18,19)(H,20,21)(H,22,23)(H2,24,25,26). The zero-order valence-electron chi connectivity index (χ0n) is 14.5. The van der Waals surface area contributed by atoms with Gasteiger partial charge in [-0.05, 0) is 6.42 Å². The second-order valence-electron chi connectivity index (χ2n) is 5.69. The van der Waals surface area contributed by atoms with Gasteiger partial charge >= 0.3 is 25.5 Å². The number of hydrogen-bond donors (Lipinski definition) is 6. The Kier molecular flexibility index (Phi) is 11.4. The summed E-state index contributed by atoms with van der Waals surface area (Å²) in [5.41, 5.74) is 0. The molecule has 0 fully saturated rings. The Balaban J connectivity index is 4.56. The van der Waals surface area contributed by atoms with Crippen molar-refractivity contribution in [1.82, 2.24) is 15.1 Å². The lowest BCUT2D eigenvalue weighted by Gasteiger charge is -2.24. The molecular formula is C13H24N3O10P. The third-order valence-electron chi connectivity index (χ3n) is 3.12. The number of rotatable bonds is 15. The van der Waals surface area contributed by atoms with Crippen LogP contribution in [0.25, 0.3) is 0 Å². The Hall–Kier alpha value is -2.05. The van der Waals surface area contributed by atoms with Crippen molar-refractivity contribution in [2.75, 3.05) is 52.0 Å². The van der Waals surface area contributed by atoms with Crippen molar-refractivity contribution in [3.05, 3.63) is 0 Å².